The first-order chi connectivity index (χ1) is 7.54. The topological polar surface area (TPSA) is 65.2 Å². The molecule has 4 nitrogen and oxygen atoms in total. The van der Waals surface area contributed by atoms with E-state index in [1.54, 1.807) is 13.8 Å². The molecule has 16 heavy (non-hydrogen) atoms. The van der Waals surface area contributed by atoms with Gasteiger partial charge in [-0.2, -0.15) is 0 Å². The van der Waals surface area contributed by atoms with Crippen LogP contribution < -0.4 is 5.73 Å². The van der Waals surface area contributed by atoms with Crippen LogP contribution in [-0.4, -0.2) is 17.1 Å². The molecule has 1 aromatic rings. The number of carbonyl (C=O) groups excluding carboxylic acids is 1. The van der Waals surface area contributed by atoms with E-state index >= 15 is 0 Å². The van der Waals surface area contributed by atoms with Crippen molar-refractivity contribution in [1.82, 2.24) is 4.98 Å². The van der Waals surface area contributed by atoms with Crippen LogP contribution in [0, 0.1) is 5.82 Å². The van der Waals surface area contributed by atoms with E-state index < -0.39 is 11.8 Å². The maximum atomic E-state index is 12.9. The monoisotopic (exact) mass is 224 g/mol. The van der Waals surface area contributed by atoms with E-state index in [4.69, 9.17) is 10.5 Å². The normalized spacial score (nSPS) is 11.6. The minimum absolute atomic E-state index is 0.0979. The second-order valence-corrected chi connectivity index (χ2v) is 3.43. The lowest BCUT2D eigenvalue weighted by atomic mass is 10.1. The highest BCUT2D eigenvalue weighted by molar-refractivity contribution is 6.16. The van der Waals surface area contributed by atoms with Crippen LogP contribution in [0.4, 0.5) is 4.39 Å². The molecule has 0 spiro atoms. The zero-order valence-electron chi connectivity index (χ0n) is 9.11. The van der Waals surface area contributed by atoms with Crippen LogP contribution in [0.3, 0.4) is 0 Å². The van der Waals surface area contributed by atoms with Gasteiger partial charge in [0.05, 0.1) is 17.9 Å². The predicted molar refractivity (Wildman–Crippen MR) is 57.6 cm³/mol. The zero-order valence-corrected chi connectivity index (χ0v) is 9.11. The van der Waals surface area contributed by atoms with E-state index in [9.17, 15) is 9.18 Å². The molecule has 0 aliphatic carbocycles. The van der Waals surface area contributed by atoms with Crippen molar-refractivity contribution in [3.63, 3.8) is 0 Å². The second kappa shape index (κ2) is 5.25. The first kappa shape index (κ1) is 12.2. The molecule has 1 aromatic heterocycles. The summed E-state index contributed by atoms with van der Waals surface area (Å²) in [4.78, 5) is 15.2. The summed E-state index contributed by atoms with van der Waals surface area (Å²) in [7, 11) is 0. The zero-order chi connectivity index (χ0) is 12.1. The number of rotatable bonds is 3. The number of hydrogen-bond acceptors (Lipinski definition) is 4. The fourth-order valence-electron chi connectivity index (χ4n) is 1.12. The standard InChI is InChI=1S/C11H13FN2O2/c1-7(2)16-11(15)10(4-13)8-3-9(12)6-14-5-8/h3-7H,13H2,1-2H3/b10-4+. The van der Waals surface area contributed by atoms with Crippen LogP contribution in [0.2, 0.25) is 0 Å². The van der Waals surface area contributed by atoms with E-state index in [0.29, 0.717) is 5.56 Å². The van der Waals surface area contributed by atoms with Crippen LogP contribution in [0.1, 0.15) is 19.4 Å². The van der Waals surface area contributed by atoms with Crippen molar-refractivity contribution in [1.29, 1.82) is 0 Å². The van der Waals surface area contributed by atoms with E-state index in [1.165, 1.54) is 12.3 Å². The molecule has 2 N–H and O–H groups in total. The van der Waals surface area contributed by atoms with Crippen molar-refractivity contribution in [2.75, 3.05) is 0 Å². The number of aromatic nitrogens is 1. The van der Waals surface area contributed by atoms with Crippen molar-refractivity contribution in [3.8, 4) is 0 Å². The molecule has 0 saturated carbocycles. The summed E-state index contributed by atoms with van der Waals surface area (Å²) >= 11 is 0. The molecular weight excluding hydrogens is 211 g/mol. The lowest BCUT2D eigenvalue weighted by molar-refractivity contribution is -0.140. The Morgan fingerprint density at radius 2 is 2.25 bits per heavy atom. The Labute approximate surface area is 92.9 Å². The smallest absolute Gasteiger partial charge is 0.340 e. The first-order valence-electron chi connectivity index (χ1n) is 4.78. The molecule has 0 saturated heterocycles. The molecule has 0 fully saturated rings. The molecule has 86 valence electrons. The maximum absolute atomic E-state index is 12.9. The van der Waals surface area contributed by atoms with Crippen LogP contribution in [0.5, 0.6) is 0 Å². The highest BCUT2D eigenvalue weighted by atomic mass is 19.1. The van der Waals surface area contributed by atoms with Gasteiger partial charge in [-0.3, -0.25) is 4.98 Å². The van der Waals surface area contributed by atoms with Crippen LogP contribution in [0.15, 0.2) is 24.7 Å². The summed E-state index contributed by atoms with van der Waals surface area (Å²) in [6, 6.07) is 1.17. The Hall–Kier alpha value is -1.91. The van der Waals surface area contributed by atoms with Crippen molar-refractivity contribution in [2.24, 2.45) is 5.73 Å². The van der Waals surface area contributed by atoms with Gasteiger partial charge >= 0.3 is 5.97 Å². The SMILES string of the molecule is CC(C)OC(=O)/C(=C/N)c1cncc(F)c1. The van der Waals surface area contributed by atoms with Gasteiger partial charge in [0, 0.05) is 18.0 Å². The summed E-state index contributed by atoms with van der Waals surface area (Å²) in [6.07, 6.45) is 3.22. The van der Waals surface area contributed by atoms with Crippen molar-refractivity contribution < 1.29 is 13.9 Å². The largest absolute Gasteiger partial charge is 0.459 e. The van der Waals surface area contributed by atoms with Crippen LogP contribution >= 0.6 is 0 Å². The summed E-state index contributed by atoms with van der Waals surface area (Å²) in [5.74, 6) is -1.13. The minimum Gasteiger partial charge on any atom is -0.459 e. The maximum Gasteiger partial charge on any atom is 0.340 e. The molecule has 0 bridgehead atoms. The molecular formula is C11H13FN2O2. The minimum atomic E-state index is -0.593. The van der Waals surface area contributed by atoms with Gasteiger partial charge < -0.3 is 10.5 Å². The molecule has 1 rings (SSSR count). The van der Waals surface area contributed by atoms with Gasteiger partial charge in [0.15, 0.2) is 0 Å². The van der Waals surface area contributed by atoms with E-state index in [0.717, 1.165) is 12.4 Å². The molecule has 0 amide bonds. The molecule has 1 heterocycles. The van der Waals surface area contributed by atoms with Crippen molar-refractivity contribution in [3.05, 3.63) is 36.0 Å². The summed E-state index contributed by atoms with van der Waals surface area (Å²) < 4.78 is 17.9. The van der Waals surface area contributed by atoms with Gasteiger partial charge in [0.25, 0.3) is 0 Å². The van der Waals surface area contributed by atoms with Gasteiger partial charge in [-0.15, -0.1) is 0 Å². The van der Waals surface area contributed by atoms with Crippen molar-refractivity contribution >= 4 is 11.5 Å². The van der Waals surface area contributed by atoms with Crippen LogP contribution in [-0.2, 0) is 9.53 Å². The second-order valence-electron chi connectivity index (χ2n) is 3.43. The Kier molecular flexibility index (Phi) is 3.99. The Morgan fingerprint density at radius 3 is 2.75 bits per heavy atom. The third kappa shape index (κ3) is 3.05. The average molecular weight is 224 g/mol. The first-order valence-corrected chi connectivity index (χ1v) is 4.78. The van der Waals surface area contributed by atoms with E-state index in [1.807, 2.05) is 0 Å². The van der Waals surface area contributed by atoms with E-state index in [2.05, 4.69) is 4.98 Å². The lowest BCUT2D eigenvalue weighted by Gasteiger charge is -2.10. The van der Waals surface area contributed by atoms with Crippen LogP contribution in [0.25, 0.3) is 5.57 Å². The fourth-order valence-corrected chi connectivity index (χ4v) is 1.12. The van der Waals surface area contributed by atoms with Gasteiger partial charge in [0.2, 0.25) is 0 Å². The fraction of sp³-hybridized carbons (Fsp3) is 0.273. The molecule has 0 aliphatic rings. The van der Waals surface area contributed by atoms with Gasteiger partial charge in [0.1, 0.15) is 5.82 Å². The molecule has 0 aliphatic heterocycles. The predicted octanol–water partition coefficient (Wildman–Crippen LogP) is 1.47. The number of nitrogens with two attached hydrogens (primary N) is 1. The molecule has 0 unspecified atom stereocenters. The van der Waals surface area contributed by atoms with Gasteiger partial charge in [-0.1, -0.05) is 0 Å². The molecule has 0 aromatic carbocycles. The highest BCUT2D eigenvalue weighted by Crippen LogP contribution is 2.15. The van der Waals surface area contributed by atoms with Crippen molar-refractivity contribution in [2.45, 2.75) is 20.0 Å². The number of pyridine rings is 1. The summed E-state index contributed by atoms with van der Waals surface area (Å²) in [6.45, 7) is 3.44. The van der Waals surface area contributed by atoms with Gasteiger partial charge in [-0.25, -0.2) is 9.18 Å². The number of carbonyl (C=O) groups is 1. The highest BCUT2D eigenvalue weighted by Gasteiger charge is 2.15. The number of halogens is 1. The molecule has 0 atom stereocenters. The number of esters is 1. The van der Waals surface area contributed by atoms with E-state index in [-0.39, 0.29) is 11.7 Å². The molecule has 5 heteroatoms. The third-order valence-electron chi connectivity index (χ3n) is 1.75. The Balaban J connectivity index is 2.96. The quantitative estimate of drug-likeness (QED) is 0.623. The number of nitrogens with zero attached hydrogens (tertiary/aromatic N) is 1. The number of hydrogen-bond donors (Lipinski definition) is 1. The molecule has 0 radical (unpaired) electrons. The number of ether oxygens (including phenoxy) is 1. The van der Waals surface area contributed by atoms with Gasteiger partial charge in [-0.05, 0) is 19.9 Å². The Bertz CT molecular complexity index is 416. The third-order valence-corrected chi connectivity index (χ3v) is 1.75. The Morgan fingerprint density at radius 1 is 1.56 bits per heavy atom. The summed E-state index contributed by atoms with van der Waals surface area (Å²) in [5, 5.41) is 0. The summed E-state index contributed by atoms with van der Waals surface area (Å²) in [5.41, 5.74) is 5.72. The average Bonchev–Trinajstić information content (AvgIpc) is 2.17. The lowest BCUT2D eigenvalue weighted by Crippen LogP contribution is -2.14.